The first-order valence-electron chi connectivity index (χ1n) is 5.81. The molecule has 0 radical (unpaired) electrons. The molecular formula is C15H13ClN2O. The molecule has 0 unspecified atom stereocenters. The number of amides is 1. The summed E-state index contributed by atoms with van der Waals surface area (Å²) >= 11 is 5.74. The molecule has 0 fully saturated rings. The van der Waals surface area contributed by atoms with E-state index in [2.05, 4.69) is 10.3 Å². The van der Waals surface area contributed by atoms with Crippen LogP contribution in [0, 0.1) is 6.92 Å². The summed E-state index contributed by atoms with van der Waals surface area (Å²) in [7, 11) is 0. The van der Waals surface area contributed by atoms with Crippen molar-refractivity contribution >= 4 is 29.3 Å². The Labute approximate surface area is 116 Å². The van der Waals surface area contributed by atoms with E-state index < -0.39 is 0 Å². The normalized spacial score (nSPS) is 10.6. The van der Waals surface area contributed by atoms with Crippen molar-refractivity contribution in [2.75, 3.05) is 5.32 Å². The summed E-state index contributed by atoms with van der Waals surface area (Å²) in [4.78, 5) is 15.5. The Morgan fingerprint density at radius 2 is 2.00 bits per heavy atom. The van der Waals surface area contributed by atoms with Gasteiger partial charge >= 0.3 is 0 Å². The molecule has 0 atom stereocenters. The van der Waals surface area contributed by atoms with Crippen molar-refractivity contribution in [2.45, 2.75) is 6.92 Å². The van der Waals surface area contributed by atoms with E-state index in [1.165, 1.54) is 11.6 Å². The van der Waals surface area contributed by atoms with E-state index in [4.69, 9.17) is 11.6 Å². The highest BCUT2D eigenvalue weighted by molar-refractivity contribution is 6.29. The number of nitrogens with zero attached hydrogens (tertiary/aromatic N) is 1. The number of pyridine rings is 1. The van der Waals surface area contributed by atoms with Crippen molar-refractivity contribution in [1.82, 2.24) is 4.98 Å². The Hall–Kier alpha value is -2.13. The van der Waals surface area contributed by atoms with Crippen LogP contribution in [0.2, 0.25) is 5.15 Å². The number of hydrogen-bond donors (Lipinski definition) is 1. The Morgan fingerprint density at radius 1 is 1.26 bits per heavy atom. The van der Waals surface area contributed by atoms with Gasteiger partial charge in [-0.15, -0.1) is 0 Å². The monoisotopic (exact) mass is 272 g/mol. The summed E-state index contributed by atoms with van der Waals surface area (Å²) in [5, 5.41) is 3.06. The van der Waals surface area contributed by atoms with Gasteiger partial charge in [0.05, 0.1) is 0 Å². The fourth-order valence-electron chi connectivity index (χ4n) is 1.51. The van der Waals surface area contributed by atoms with Gasteiger partial charge in [-0.2, -0.15) is 0 Å². The lowest BCUT2D eigenvalue weighted by atomic mass is 10.1. The van der Waals surface area contributed by atoms with Crippen LogP contribution in [0.4, 0.5) is 5.69 Å². The SMILES string of the molecule is Cc1ccc(/C=C/C(=O)Nc2ccnc(Cl)c2)cc1. The van der Waals surface area contributed by atoms with Crippen LogP contribution in [-0.2, 0) is 4.79 Å². The summed E-state index contributed by atoms with van der Waals surface area (Å²) in [5.74, 6) is -0.206. The van der Waals surface area contributed by atoms with E-state index >= 15 is 0 Å². The van der Waals surface area contributed by atoms with Gasteiger partial charge in [0.2, 0.25) is 5.91 Å². The minimum atomic E-state index is -0.206. The van der Waals surface area contributed by atoms with Crippen LogP contribution < -0.4 is 5.32 Å². The zero-order valence-electron chi connectivity index (χ0n) is 10.4. The van der Waals surface area contributed by atoms with Gasteiger partial charge in [-0.25, -0.2) is 4.98 Å². The number of aromatic nitrogens is 1. The van der Waals surface area contributed by atoms with E-state index in [-0.39, 0.29) is 5.91 Å². The van der Waals surface area contributed by atoms with E-state index in [1.54, 1.807) is 24.4 Å². The fraction of sp³-hybridized carbons (Fsp3) is 0.0667. The highest BCUT2D eigenvalue weighted by Crippen LogP contribution is 2.12. The van der Waals surface area contributed by atoms with E-state index in [0.717, 1.165) is 5.56 Å². The maximum atomic E-state index is 11.7. The number of carbonyl (C=O) groups is 1. The molecular weight excluding hydrogens is 260 g/mol. The van der Waals surface area contributed by atoms with Crippen LogP contribution in [-0.4, -0.2) is 10.9 Å². The topological polar surface area (TPSA) is 42.0 Å². The van der Waals surface area contributed by atoms with E-state index in [9.17, 15) is 4.79 Å². The molecule has 3 nitrogen and oxygen atoms in total. The molecule has 96 valence electrons. The van der Waals surface area contributed by atoms with Gasteiger partial charge in [0.25, 0.3) is 0 Å². The number of nitrogens with one attached hydrogen (secondary N) is 1. The minimum Gasteiger partial charge on any atom is -0.322 e. The third-order valence-electron chi connectivity index (χ3n) is 2.50. The van der Waals surface area contributed by atoms with Crippen molar-refractivity contribution in [3.05, 3.63) is 65.0 Å². The molecule has 0 spiro atoms. The standard InChI is InChI=1S/C15H13ClN2O/c1-11-2-4-12(5-3-11)6-7-15(19)18-13-8-9-17-14(16)10-13/h2-10H,1H3,(H,17,18,19)/b7-6+. The number of benzene rings is 1. The first kappa shape index (κ1) is 13.3. The zero-order valence-corrected chi connectivity index (χ0v) is 11.2. The summed E-state index contributed by atoms with van der Waals surface area (Å²) < 4.78 is 0. The first-order valence-corrected chi connectivity index (χ1v) is 6.18. The van der Waals surface area contributed by atoms with E-state index in [0.29, 0.717) is 10.8 Å². The van der Waals surface area contributed by atoms with Crippen molar-refractivity contribution < 1.29 is 4.79 Å². The van der Waals surface area contributed by atoms with Crippen LogP contribution in [0.5, 0.6) is 0 Å². The number of hydrogen-bond acceptors (Lipinski definition) is 2. The smallest absolute Gasteiger partial charge is 0.248 e. The van der Waals surface area contributed by atoms with Crippen LogP contribution in [0.1, 0.15) is 11.1 Å². The van der Waals surface area contributed by atoms with Crippen molar-refractivity contribution in [3.63, 3.8) is 0 Å². The molecule has 0 aliphatic rings. The number of halogens is 1. The second kappa shape index (κ2) is 6.16. The van der Waals surface area contributed by atoms with Crippen molar-refractivity contribution in [1.29, 1.82) is 0 Å². The third kappa shape index (κ3) is 4.23. The molecule has 4 heteroatoms. The summed E-state index contributed by atoms with van der Waals surface area (Å²) in [6.07, 6.45) is 4.79. The molecule has 2 aromatic rings. The number of rotatable bonds is 3. The third-order valence-corrected chi connectivity index (χ3v) is 2.71. The predicted octanol–water partition coefficient (Wildman–Crippen LogP) is 3.70. The lowest BCUT2D eigenvalue weighted by Crippen LogP contribution is -2.07. The molecule has 0 aliphatic heterocycles. The highest BCUT2D eigenvalue weighted by atomic mass is 35.5. The second-order valence-electron chi connectivity index (χ2n) is 4.10. The van der Waals surface area contributed by atoms with Gasteiger partial charge in [0.15, 0.2) is 0 Å². The lowest BCUT2D eigenvalue weighted by Gasteiger charge is -2.01. The molecule has 1 heterocycles. The molecule has 0 saturated heterocycles. The first-order chi connectivity index (χ1) is 9.13. The molecule has 1 amide bonds. The molecule has 19 heavy (non-hydrogen) atoms. The average molecular weight is 273 g/mol. The van der Waals surface area contributed by atoms with Gasteiger partial charge in [-0.3, -0.25) is 4.79 Å². The molecule has 0 bridgehead atoms. The minimum absolute atomic E-state index is 0.206. The number of aryl methyl sites for hydroxylation is 1. The zero-order chi connectivity index (χ0) is 13.7. The van der Waals surface area contributed by atoms with Gasteiger partial charge in [0, 0.05) is 18.0 Å². The van der Waals surface area contributed by atoms with Crippen molar-refractivity contribution in [3.8, 4) is 0 Å². The summed E-state index contributed by atoms with van der Waals surface area (Å²) in [6, 6.07) is 11.2. The predicted molar refractivity (Wildman–Crippen MR) is 78.1 cm³/mol. The Bertz CT molecular complexity index is 606. The van der Waals surface area contributed by atoms with Gasteiger partial charge < -0.3 is 5.32 Å². The Morgan fingerprint density at radius 3 is 2.68 bits per heavy atom. The molecule has 1 N–H and O–H groups in total. The Balaban J connectivity index is 1.99. The summed E-state index contributed by atoms with van der Waals surface area (Å²) in [5.41, 5.74) is 2.79. The summed E-state index contributed by atoms with van der Waals surface area (Å²) in [6.45, 7) is 2.02. The van der Waals surface area contributed by atoms with Gasteiger partial charge in [0.1, 0.15) is 5.15 Å². The maximum absolute atomic E-state index is 11.7. The fourth-order valence-corrected chi connectivity index (χ4v) is 1.69. The molecule has 1 aromatic carbocycles. The molecule has 2 rings (SSSR count). The number of carbonyl (C=O) groups excluding carboxylic acids is 1. The van der Waals surface area contributed by atoms with Crippen LogP contribution in [0.25, 0.3) is 6.08 Å². The van der Waals surface area contributed by atoms with Crippen LogP contribution in [0.3, 0.4) is 0 Å². The van der Waals surface area contributed by atoms with Crippen LogP contribution >= 0.6 is 11.6 Å². The lowest BCUT2D eigenvalue weighted by molar-refractivity contribution is -0.111. The van der Waals surface area contributed by atoms with E-state index in [1.807, 2.05) is 31.2 Å². The Kier molecular flexibility index (Phi) is 4.31. The average Bonchev–Trinajstić information content (AvgIpc) is 2.38. The largest absolute Gasteiger partial charge is 0.322 e. The van der Waals surface area contributed by atoms with Gasteiger partial charge in [-0.05, 0) is 30.7 Å². The highest BCUT2D eigenvalue weighted by Gasteiger charge is 1.98. The van der Waals surface area contributed by atoms with Crippen molar-refractivity contribution in [2.24, 2.45) is 0 Å². The molecule has 1 aromatic heterocycles. The molecule has 0 saturated carbocycles. The number of anilines is 1. The van der Waals surface area contributed by atoms with Gasteiger partial charge in [-0.1, -0.05) is 41.4 Å². The molecule has 0 aliphatic carbocycles. The maximum Gasteiger partial charge on any atom is 0.248 e. The van der Waals surface area contributed by atoms with Crippen LogP contribution in [0.15, 0.2) is 48.7 Å². The second-order valence-corrected chi connectivity index (χ2v) is 4.49. The quantitative estimate of drug-likeness (QED) is 0.684.